The molecule has 0 radical (unpaired) electrons. The fourth-order valence-corrected chi connectivity index (χ4v) is 1.13. The molecule has 1 aromatic heterocycles. The maximum absolute atomic E-state index is 11.5. The molecule has 0 amide bonds. The fraction of sp³-hybridized carbons (Fsp3) is 0.364. The molecule has 0 aliphatic rings. The molecule has 0 aliphatic heterocycles. The number of aromatic amines is 1. The van der Waals surface area contributed by atoms with Crippen molar-refractivity contribution in [2.45, 2.75) is 26.7 Å². The molecule has 1 rings (SSSR count). The van der Waals surface area contributed by atoms with Crippen molar-refractivity contribution in [2.75, 3.05) is 0 Å². The lowest BCUT2D eigenvalue weighted by molar-refractivity contribution is -0.121. The van der Waals surface area contributed by atoms with Crippen LogP contribution in [0.4, 0.5) is 0 Å². The minimum Gasteiger partial charge on any atom is -0.345 e. The van der Waals surface area contributed by atoms with Gasteiger partial charge in [-0.25, -0.2) is 4.98 Å². The van der Waals surface area contributed by atoms with Crippen LogP contribution < -0.4 is 0 Å². The van der Waals surface area contributed by atoms with Crippen LogP contribution >= 0.6 is 0 Å². The molecule has 0 saturated heterocycles. The van der Waals surface area contributed by atoms with Crippen LogP contribution in [0, 0.1) is 0 Å². The van der Waals surface area contributed by atoms with E-state index in [2.05, 4.69) is 9.97 Å². The molecule has 0 unspecified atom stereocenters. The molecule has 15 heavy (non-hydrogen) atoms. The Balaban J connectivity index is 2.56. The third-order valence-corrected chi connectivity index (χ3v) is 2.02. The predicted octanol–water partition coefficient (Wildman–Crippen LogP) is 1.75. The lowest BCUT2D eigenvalue weighted by Crippen LogP contribution is -2.02. The summed E-state index contributed by atoms with van der Waals surface area (Å²) in [5.41, 5.74) is 0.617. The van der Waals surface area contributed by atoms with Gasteiger partial charge in [0, 0.05) is 25.2 Å². The molecule has 0 atom stereocenters. The Hall–Kier alpha value is -1.71. The zero-order chi connectivity index (χ0) is 11.3. The first-order valence-electron chi connectivity index (χ1n) is 4.80. The van der Waals surface area contributed by atoms with E-state index in [4.69, 9.17) is 0 Å². The van der Waals surface area contributed by atoms with Crippen LogP contribution in [0.1, 0.15) is 32.5 Å². The van der Waals surface area contributed by atoms with Crippen molar-refractivity contribution in [1.29, 1.82) is 0 Å². The van der Waals surface area contributed by atoms with Crippen molar-refractivity contribution in [2.24, 2.45) is 0 Å². The third kappa shape index (κ3) is 3.89. The van der Waals surface area contributed by atoms with Gasteiger partial charge in [-0.05, 0) is 25.5 Å². The van der Waals surface area contributed by atoms with Crippen molar-refractivity contribution >= 4 is 17.6 Å². The maximum Gasteiger partial charge on any atom is 0.159 e. The topological polar surface area (TPSA) is 62.8 Å². The summed E-state index contributed by atoms with van der Waals surface area (Å²) in [7, 11) is 0. The number of hydrogen-bond acceptors (Lipinski definition) is 3. The lowest BCUT2D eigenvalue weighted by atomic mass is 10.1. The van der Waals surface area contributed by atoms with Gasteiger partial charge in [0.05, 0.1) is 0 Å². The molecule has 0 saturated carbocycles. The number of carbonyl (C=O) groups is 2. The molecule has 0 spiro atoms. The molecule has 1 heterocycles. The molecule has 0 aromatic carbocycles. The Morgan fingerprint density at radius 2 is 2.13 bits per heavy atom. The molecule has 0 bridgehead atoms. The second-order valence-electron chi connectivity index (χ2n) is 3.43. The van der Waals surface area contributed by atoms with Crippen LogP contribution in [0.3, 0.4) is 0 Å². The van der Waals surface area contributed by atoms with E-state index in [1.807, 2.05) is 0 Å². The molecule has 1 N–H and O–H groups in total. The van der Waals surface area contributed by atoms with Crippen molar-refractivity contribution in [3.63, 3.8) is 0 Å². The van der Waals surface area contributed by atoms with E-state index >= 15 is 0 Å². The van der Waals surface area contributed by atoms with Gasteiger partial charge in [0.25, 0.3) is 0 Å². The van der Waals surface area contributed by atoms with Crippen LogP contribution in [-0.2, 0) is 9.59 Å². The summed E-state index contributed by atoms with van der Waals surface area (Å²) in [4.78, 5) is 29.1. The number of carbonyl (C=O) groups excluding carboxylic acids is 2. The summed E-state index contributed by atoms with van der Waals surface area (Å²) < 4.78 is 0. The number of nitrogens with zero attached hydrogens (tertiary/aromatic N) is 1. The second-order valence-corrected chi connectivity index (χ2v) is 3.43. The highest BCUT2D eigenvalue weighted by Gasteiger charge is 2.06. The van der Waals surface area contributed by atoms with Crippen molar-refractivity contribution in [1.82, 2.24) is 9.97 Å². The van der Waals surface area contributed by atoms with E-state index in [0.29, 0.717) is 17.8 Å². The Morgan fingerprint density at radius 3 is 2.67 bits per heavy atom. The lowest BCUT2D eigenvalue weighted by Gasteiger charge is -1.98. The molecular weight excluding hydrogens is 192 g/mol. The highest BCUT2D eigenvalue weighted by molar-refractivity contribution is 6.00. The van der Waals surface area contributed by atoms with Gasteiger partial charge >= 0.3 is 0 Å². The summed E-state index contributed by atoms with van der Waals surface area (Å²) in [6.07, 6.45) is 5.58. The van der Waals surface area contributed by atoms with Crippen LogP contribution in [0.5, 0.6) is 0 Å². The Morgan fingerprint density at radius 1 is 1.40 bits per heavy atom. The SMILES string of the molecule is CC(=O)CCC(=O)/C(C)=C/c1ncc[nH]1. The number of rotatable bonds is 5. The van der Waals surface area contributed by atoms with E-state index in [-0.39, 0.29) is 18.0 Å². The number of ketones is 2. The standard InChI is InChI=1S/C11H14N2O2/c1-8(7-11-12-5-6-13-11)10(15)4-3-9(2)14/h5-7H,3-4H2,1-2H3,(H,12,13)/b8-7+. The minimum absolute atomic E-state index is 0.0124. The highest BCUT2D eigenvalue weighted by Crippen LogP contribution is 2.06. The van der Waals surface area contributed by atoms with Crippen molar-refractivity contribution in [3.8, 4) is 0 Å². The summed E-state index contributed by atoms with van der Waals surface area (Å²) in [5, 5.41) is 0. The van der Waals surface area contributed by atoms with Gasteiger partial charge < -0.3 is 9.78 Å². The Labute approximate surface area is 88.4 Å². The van der Waals surface area contributed by atoms with Crippen LogP contribution in [0.2, 0.25) is 0 Å². The molecule has 4 heteroatoms. The van der Waals surface area contributed by atoms with Gasteiger partial charge in [0.2, 0.25) is 0 Å². The first-order valence-corrected chi connectivity index (χ1v) is 4.80. The summed E-state index contributed by atoms with van der Waals surface area (Å²) >= 11 is 0. The fourth-order valence-electron chi connectivity index (χ4n) is 1.13. The normalized spacial score (nSPS) is 11.5. The van der Waals surface area contributed by atoms with E-state index in [1.165, 1.54) is 6.92 Å². The molecule has 4 nitrogen and oxygen atoms in total. The average Bonchev–Trinajstić information content (AvgIpc) is 2.66. The van der Waals surface area contributed by atoms with E-state index in [9.17, 15) is 9.59 Å². The van der Waals surface area contributed by atoms with Crippen LogP contribution in [0.25, 0.3) is 6.08 Å². The van der Waals surface area contributed by atoms with Gasteiger partial charge in [-0.3, -0.25) is 4.79 Å². The average molecular weight is 206 g/mol. The van der Waals surface area contributed by atoms with Crippen molar-refractivity contribution in [3.05, 3.63) is 23.8 Å². The minimum atomic E-state index is -0.0124. The quantitative estimate of drug-likeness (QED) is 0.746. The summed E-state index contributed by atoms with van der Waals surface area (Å²) in [6, 6.07) is 0. The second kappa shape index (κ2) is 5.24. The summed E-state index contributed by atoms with van der Waals surface area (Å²) in [6.45, 7) is 3.21. The molecule has 0 fully saturated rings. The van der Waals surface area contributed by atoms with Gasteiger partial charge in [0.1, 0.15) is 11.6 Å². The molecule has 0 aliphatic carbocycles. The van der Waals surface area contributed by atoms with Crippen LogP contribution in [0.15, 0.2) is 18.0 Å². The van der Waals surface area contributed by atoms with E-state index in [0.717, 1.165) is 0 Å². The van der Waals surface area contributed by atoms with E-state index in [1.54, 1.807) is 25.4 Å². The highest BCUT2D eigenvalue weighted by atomic mass is 16.1. The van der Waals surface area contributed by atoms with E-state index < -0.39 is 0 Å². The number of imidazole rings is 1. The first kappa shape index (κ1) is 11.4. The zero-order valence-corrected chi connectivity index (χ0v) is 8.91. The number of aromatic nitrogens is 2. The molecule has 80 valence electrons. The van der Waals surface area contributed by atoms with Gasteiger partial charge in [-0.2, -0.15) is 0 Å². The number of allylic oxidation sites excluding steroid dienone is 1. The smallest absolute Gasteiger partial charge is 0.159 e. The number of H-pyrrole nitrogens is 1. The number of nitrogens with one attached hydrogen (secondary N) is 1. The van der Waals surface area contributed by atoms with Crippen LogP contribution in [-0.4, -0.2) is 21.5 Å². The number of hydrogen-bond donors (Lipinski definition) is 1. The van der Waals surface area contributed by atoms with Gasteiger partial charge in [0.15, 0.2) is 5.78 Å². The molecule has 1 aromatic rings. The molecular formula is C11H14N2O2. The number of Topliss-reactive ketones (excluding diaryl/α,β-unsaturated/α-hetero) is 2. The third-order valence-electron chi connectivity index (χ3n) is 2.02. The first-order chi connectivity index (χ1) is 7.09. The Kier molecular flexibility index (Phi) is 3.97. The Bertz CT molecular complexity index is 377. The summed E-state index contributed by atoms with van der Waals surface area (Å²) in [5.74, 6) is 0.680. The van der Waals surface area contributed by atoms with Crippen molar-refractivity contribution < 1.29 is 9.59 Å². The van der Waals surface area contributed by atoms with Gasteiger partial charge in [-0.15, -0.1) is 0 Å². The maximum atomic E-state index is 11.5. The van der Waals surface area contributed by atoms with Gasteiger partial charge in [-0.1, -0.05) is 0 Å². The monoisotopic (exact) mass is 206 g/mol. The largest absolute Gasteiger partial charge is 0.345 e. The zero-order valence-electron chi connectivity index (χ0n) is 8.91. The predicted molar refractivity (Wildman–Crippen MR) is 57.2 cm³/mol.